The lowest BCUT2D eigenvalue weighted by Gasteiger charge is -2.20. The van der Waals surface area contributed by atoms with Crippen LogP contribution in [0.1, 0.15) is 31.5 Å². The van der Waals surface area contributed by atoms with Gasteiger partial charge in [-0.15, -0.1) is 0 Å². The van der Waals surface area contributed by atoms with Gasteiger partial charge in [0.1, 0.15) is 0 Å². The molecule has 84 valence electrons. The number of hydrogen-bond donors (Lipinski definition) is 1. The molecule has 1 saturated heterocycles. The van der Waals surface area contributed by atoms with Crippen LogP contribution in [0, 0.1) is 0 Å². The van der Waals surface area contributed by atoms with Gasteiger partial charge in [0.05, 0.1) is 35.2 Å². The number of ether oxygens (including phenoxy) is 1. The van der Waals surface area contributed by atoms with Crippen LogP contribution >= 0.6 is 11.6 Å². The van der Waals surface area contributed by atoms with Gasteiger partial charge in [-0.2, -0.15) is 5.10 Å². The van der Waals surface area contributed by atoms with E-state index in [0.29, 0.717) is 11.1 Å². The monoisotopic (exact) mass is 229 g/mol. The van der Waals surface area contributed by atoms with Crippen LogP contribution in [0.25, 0.3) is 0 Å². The summed E-state index contributed by atoms with van der Waals surface area (Å²) in [6.07, 6.45) is 4.04. The van der Waals surface area contributed by atoms with Gasteiger partial charge in [-0.1, -0.05) is 11.6 Å². The van der Waals surface area contributed by atoms with Gasteiger partial charge in [0.2, 0.25) is 0 Å². The van der Waals surface area contributed by atoms with E-state index in [0.717, 1.165) is 18.5 Å². The predicted molar refractivity (Wildman–Crippen MR) is 58.7 cm³/mol. The fourth-order valence-electron chi connectivity index (χ4n) is 2.07. The van der Waals surface area contributed by atoms with Crippen LogP contribution in [0.3, 0.4) is 0 Å². The molecule has 0 aliphatic carbocycles. The third kappa shape index (κ3) is 2.02. The van der Waals surface area contributed by atoms with Crippen molar-refractivity contribution in [3.63, 3.8) is 0 Å². The van der Waals surface area contributed by atoms with Crippen LogP contribution in [-0.4, -0.2) is 22.0 Å². The molecule has 1 aromatic heterocycles. The van der Waals surface area contributed by atoms with Gasteiger partial charge in [0, 0.05) is 7.05 Å². The summed E-state index contributed by atoms with van der Waals surface area (Å²) in [4.78, 5) is 0. The molecule has 2 rings (SSSR count). The van der Waals surface area contributed by atoms with Gasteiger partial charge in [0.25, 0.3) is 0 Å². The van der Waals surface area contributed by atoms with E-state index in [-0.39, 0.29) is 12.1 Å². The molecule has 0 saturated carbocycles. The van der Waals surface area contributed by atoms with Crippen molar-refractivity contribution in [1.29, 1.82) is 0 Å². The van der Waals surface area contributed by atoms with Crippen molar-refractivity contribution in [1.82, 2.24) is 9.78 Å². The molecule has 1 aromatic rings. The van der Waals surface area contributed by atoms with Crippen LogP contribution < -0.4 is 5.73 Å². The molecule has 0 amide bonds. The van der Waals surface area contributed by atoms with Crippen molar-refractivity contribution >= 4 is 11.6 Å². The number of aryl methyl sites for hydroxylation is 1. The van der Waals surface area contributed by atoms with Crippen LogP contribution in [0.4, 0.5) is 0 Å². The zero-order valence-electron chi connectivity index (χ0n) is 8.98. The lowest BCUT2D eigenvalue weighted by atomic mass is 10.1. The largest absolute Gasteiger partial charge is 0.373 e. The lowest BCUT2D eigenvalue weighted by Crippen LogP contribution is -2.28. The van der Waals surface area contributed by atoms with E-state index >= 15 is 0 Å². The van der Waals surface area contributed by atoms with Crippen LogP contribution in [0.15, 0.2) is 6.20 Å². The highest BCUT2D eigenvalue weighted by Gasteiger charge is 2.31. The standard InChI is InChI=1S/C10H16ClN3O/c1-6-3-4-8(15-6)9(12)10-7(11)5-13-14(10)2/h5-6,8-9H,3-4,12H2,1-2H3. The Morgan fingerprint density at radius 2 is 2.40 bits per heavy atom. The molecular formula is C10H16ClN3O. The van der Waals surface area contributed by atoms with E-state index in [1.165, 1.54) is 0 Å². The zero-order chi connectivity index (χ0) is 11.0. The molecule has 0 spiro atoms. The molecule has 0 bridgehead atoms. The van der Waals surface area contributed by atoms with E-state index in [9.17, 15) is 0 Å². The Balaban J connectivity index is 2.17. The summed E-state index contributed by atoms with van der Waals surface area (Å²) >= 11 is 6.04. The van der Waals surface area contributed by atoms with Gasteiger partial charge >= 0.3 is 0 Å². The quantitative estimate of drug-likeness (QED) is 0.839. The molecule has 2 N–H and O–H groups in total. The topological polar surface area (TPSA) is 53.1 Å². The van der Waals surface area contributed by atoms with E-state index in [1.54, 1.807) is 10.9 Å². The van der Waals surface area contributed by atoms with Crippen LogP contribution in [-0.2, 0) is 11.8 Å². The highest BCUT2D eigenvalue weighted by Crippen LogP contribution is 2.31. The maximum absolute atomic E-state index is 6.14. The molecule has 1 aliphatic heterocycles. The van der Waals surface area contributed by atoms with Crippen molar-refractivity contribution in [3.05, 3.63) is 16.9 Å². The Morgan fingerprint density at radius 1 is 1.67 bits per heavy atom. The third-order valence-corrected chi connectivity index (χ3v) is 3.21. The molecule has 0 aromatic carbocycles. The number of halogens is 1. The highest BCUT2D eigenvalue weighted by molar-refractivity contribution is 6.31. The summed E-state index contributed by atoms with van der Waals surface area (Å²) in [6, 6.07) is -0.185. The van der Waals surface area contributed by atoms with E-state index < -0.39 is 0 Å². The smallest absolute Gasteiger partial charge is 0.0834 e. The summed E-state index contributed by atoms with van der Waals surface area (Å²) in [5.74, 6) is 0. The maximum Gasteiger partial charge on any atom is 0.0834 e. The fourth-order valence-corrected chi connectivity index (χ4v) is 2.36. The minimum Gasteiger partial charge on any atom is -0.373 e. The minimum absolute atomic E-state index is 0.0629. The summed E-state index contributed by atoms with van der Waals surface area (Å²) in [5.41, 5.74) is 7.00. The van der Waals surface area contributed by atoms with Gasteiger partial charge in [-0.25, -0.2) is 0 Å². The first-order chi connectivity index (χ1) is 7.09. The van der Waals surface area contributed by atoms with E-state index in [2.05, 4.69) is 12.0 Å². The molecular weight excluding hydrogens is 214 g/mol. The second-order valence-corrected chi connectivity index (χ2v) is 4.50. The average molecular weight is 230 g/mol. The van der Waals surface area contributed by atoms with Crippen LogP contribution in [0.2, 0.25) is 5.02 Å². The van der Waals surface area contributed by atoms with Crippen molar-refractivity contribution in [2.24, 2.45) is 12.8 Å². The molecule has 1 aliphatic rings. The number of nitrogens with two attached hydrogens (primary N) is 1. The van der Waals surface area contributed by atoms with E-state index in [1.807, 2.05) is 7.05 Å². The maximum atomic E-state index is 6.14. The Morgan fingerprint density at radius 3 is 2.87 bits per heavy atom. The Labute approximate surface area is 94.3 Å². The molecule has 1 fully saturated rings. The fraction of sp³-hybridized carbons (Fsp3) is 0.700. The normalized spacial score (nSPS) is 28.3. The number of aromatic nitrogens is 2. The molecule has 5 heteroatoms. The molecule has 2 heterocycles. The van der Waals surface area contributed by atoms with E-state index in [4.69, 9.17) is 22.1 Å². The number of hydrogen-bond acceptors (Lipinski definition) is 3. The van der Waals surface area contributed by atoms with Crippen molar-refractivity contribution in [2.45, 2.75) is 38.0 Å². The van der Waals surface area contributed by atoms with Gasteiger partial charge in [0.15, 0.2) is 0 Å². The van der Waals surface area contributed by atoms with Crippen LogP contribution in [0.5, 0.6) is 0 Å². The summed E-state index contributed by atoms with van der Waals surface area (Å²) in [6.45, 7) is 2.07. The molecule has 3 atom stereocenters. The summed E-state index contributed by atoms with van der Waals surface area (Å²) in [7, 11) is 1.85. The zero-order valence-corrected chi connectivity index (χ0v) is 9.74. The number of nitrogens with zero attached hydrogens (tertiary/aromatic N) is 2. The lowest BCUT2D eigenvalue weighted by molar-refractivity contribution is 0.0386. The molecule has 0 radical (unpaired) electrons. The van der Waals surface area contributed by atoms with Crippen molar-refractivity contribution in [3.8, 4) is 0 Å². The molecule has 3 unspecified atom stereocenters. The minimum atomic E-state index is -0.185. The Bertz CT molecular complexity index is 333. The third-order valence-electron chi connectivity index (χ3n) is 2.92. The molecule has 15 heavy (non-hydrogen) atoms. The first kappa shape index (κ1) is 10.9. The Kier molecular flexibility index (Phi) is 3.00. The average Bonchev–Trinajstić information content (AvgIpc) is 2.73. The number of rotatable bonds is 2. The molecule has 4 nitrogen and oxygen atoms in total. The van der Waals surface area contributed by atoms with Crippen molar-refractivity contribution < 1.29 is 4.74 Å². The van der Waals surface area contributed by atoms with Gasteiger partial charge in [-0.3, -0.25) is 4.68 Å². The first-order valence-corrected chi connectivity index (χ1v) is 5.56. The predicted octanol–water partition coefficient (Wildman–Crippen LogP) is 1.64. The van der Waals surface area contributed by atoms with Gasteiger partial charge in [-0.05, 0) is 19.8 Å². The SMILES string of the molecule is CC1CCC(C(N)c2c(Cl)cnn2C)O1. The first-order valence-electron chi connectivity index (χ1n) is 5.18. The Hall–Kier alpha value is -0.580. The highest BCUT2D eigenvalue weighted by atomic mass is 35.5. The second kappa shape index (κ2) is 4.12. The van der Waals surface area contributed by atoms with Crippen molar-refractivity contribution in [2.75, 3.05) is 0 Å². The second-order valence-electron chi connectivity index (χ2n) is 4.09. The summed E-state index contributed by atoms with van der Waals surface area (Å²) < 4.78 is 7.45. The summed E-state index contributed by atoms with van der Waals surface area (Å²) in [5, 5.41) is 4.70. The van der Waals surface area contributed by atoms with Gasteiger partial charge < -0.3 is 10.5 Å².